The van der Waals surface area contributed by atoms with Crippen molar-refractivity contribution >= 4 is 16.1 Å². The van der Waals surface area contributed by atoms with Gasteiger partial charge in [0.2, 0.25) is 0 Å². The first-order chi connectivity index (χ1) is 19.1. The summed E-state index contributed by atoms with van der Waals surface area (Å²) in [4.78, 5) is 11.8. The van der Waals surface area contributed by atoms with Gasteiger partial charge in [0.25, 0.3) is 10.1 Å². The second-order valence-electron chi connectivity index (χ2n) is 14.2. The molecule has 0 spiro atoms. The Kier molecular flexibility index (Phi) is 8.21. The first-order valence-electron chi connectivity index (χ1n) is 15.3. The zero-order valence-electron chi connectivity index (χ0n) is 25.1. The van der Waals surface area contributed by atoms with Crippen molar-refractivity contribution in [1.29, 1.82) is 0 Å². The van der Waals surface area contributed by atoms with Crippen LogP contribution in [-0.4, -0.2) is 54.8 Å². The van der Waals surface area contributed by atoms with Crippen LogP contribution in [0.25, 0.3) is 0 Å². The standard InChI is InChI=1S/C32H48O8S/c1-19-6-9-22(10-7-19)41(37,38)40-32(36)15-14-30(3)21(18-32)16-26(33)29-24-12-11-23(20(2)8-13-28(35)39-5)31(24,4)27(34)17-25(29)30/h6-7,9-10,20-21,23-27,29,33-34,36H,8,11-18H2,1-5H3. The maximum absolute atomic E-state index is 13.0. The van der Waals surface area contributed by atoms with E-state index in [-0.39, 0.29) is 70.0 Å². The van der Waals surface area contributed by atoms with Crippen LogP contribution in [0.15, 0.2) is 29.2 Å². The molecule has 4 aliphatic rings. The monoisotopic (exact) mass is 592 g/mol. The van der Waals surface area contributed by atoms with E-state index in [4.69, 9.17) is 8.92 Å². The van der Waals surface area contributed by atoms with Crippen molar-refractivity contribution in [3.05, 3.63) is 29.8 Å². The highest BCUT2D eigenvalue weighted by Gasteiger charge is 2.66. The van der Waals surface area contributed by atoms with E-state index in [1.54, 1.807) is 12.1 Å². The molecule has 0 aromatic heterocycles. The molecule has 8 nitrogen and oxygen atoms in total. The molecule has 4 aliphatic carbocycles. The minimum Gasteiger partial charge on any atom is -0.469 e. The number of esters is 1. The van der Waals surface area contributed by atoms with Crippen LogP contribution in [0.5, 0.6) is 0 Å². The summed E-state index contributed by atoms with van der Waals surface area (Å²) in [6, 6.07) is 6.37. The van der Waals surface area contributed by atoms with Crippen LogP contribution in [0.1, 0.15) is 84.1 Å². The first kappa shape index (κ1) is 30.9. The predicted octanol–water partition coefficient (Wildman–Crippen LogP) is 4.58. The Morgan fingerprint density at radius 1 is 1.07 bits per heavy atom. The number of hydrogen-bond acceptors (Lipinski definition) is 8. The van der Waals surface area contributed by atoms with E-state index in [2.05, 4.69) is 20.8 Å². The predicted molar refractivity (Wildman–Crippen MR) is 153 cm³/mol. The van der Waals surface area contributed by atoms with Gasteiger partial charge in [-0.1, -0.05) is 38.5 Å². The maximum atomic E-state index is 13.0. The molecule has 11 unspecified atom stereocenters. The van der Waals surface area contributed by atoms with Crippen molar-refractivity contribution < 1.29 is 37.5 Å². The molecule has 41 heavy (non-hydrogen) atoms. The molecule has 0 aliphatic heterocycles. The molecule has 0 amide bonds. The molecule has 11 atom stereocenters. The minimum absolute atomic E-state index is 0.0138. The van der Waals surface area contributed by atoms with Crippen LogP contribution < -0.4 is 0 Å². The molecule has 4 saturated carbocycles. The van der Waals surface area contributed by atoms with Gasteiger partial charge in [0.1, 0.15) is 0 Å². The molecular weight excluding hydrogens is 544 g/mol. The number of methoxy groups -OCH3 is 1. The fourth-order valence-corrected chi connectivity index (χ4v) is 10.9. The molecule has 0 radical (unpaired) electrons. The number of carbonyl (C=O) groups excluding carboxylic acids is 1. The summed E-state index contributed by atoms with van der Waals surface area (Å²) in [5.74, 6) is -1.44. The van der Waals surface area contributed by atoms with Gasteiger partial charge in [0.05, 0.1) is 24.2 Å². The van der Waals surface area contributed by atoms with Crippen LogP contribution in [0.3, 0.4) is 0 Å². The van der Waals surface area contributed by atoms with Crippen molar-refractivity contribution in [2.75, 3.05) is 7.11 Å². The van der Waals surface area contributed by atoms with Crippen LogP contribution in [0.2, 0.25) is 0 Å². The molecule has 0 saturated heterocycles. The Morgan fingerprint density at radius 3 is 2.41 bits per heavy atom. The molecule has 0 heterocycles. The fraction of sp³-hybridized carbons (Fsp3) is 0.781. The van der Waals surface area contributed by atoms with E-state index in [1.165, 1.54) is 19.2 Å². The Morgan fingerprint density at radius 2 is 1.76 bits per heavy atom. The Labute approximate surface area is 245 Å². The Hall–Kier alpha value is -1.52. The number of aliphatic hydroxyl groups excluding tert-OH is 2. The van der Waals surface area contributed by atoms with Crippen LogP contribution in [0, 0.1) is 53.3 Å². The molecular formula is C32H48O8S. The van der Waals surface area contributed by atoms with Crippen LogP contribution in [0.4, 0.5) is 0 Å². The van der Waals surface area contributed by atoms with Gasteiger partial charge in [0, 0.05) is 19.3 Å². The lowest BCUT2D eigenvalue weighted by atomic mass is 9.43. The lowest BCUT2D eigenvalue weighted by Gasteiger charge is -2.64. The lowest BCUT2D eigenvalue weighted by Crippen LogP contribution is -2.63. The highest BCUT2D eigenvalue weighted by molar-refractivity contribution is 7.86. The van der Waals surface area contributed by atoms with Crippen LogP contribution in [-0.2, 0) is 23.8 Å². The van der Waals surface area contributed by atoms with Gasteiger partial charge in [0.15, 0.2) is 5.79 Å². The Bertz CT molecular complexity index is 1230. The van der Waals surface area contributed by atoms with Crippen molar-refractivity contribution in [2.24, 2.45) is 46.3 Å². The van der Waals surface area contributed by atoms with Gasteiger partial charge < -0.3 is 20.1 Å². The second-order valence-corrected chi connectivity index (χ2v) is 15.7. The molecule has 3 N–H and O–H groups in total. The molecule has 1 aromatic carbocycles. The van der Waals surface area contributed by atoms with E-state index < -0.39 is 28.1 Å². The normalized spacial score (nSPS) is 43.0. The van der Waals surface area contributed by atoms with Gasteiger partial charge in [-0.05, 0) is 104 Å². The summed E-state index contributed by atoms with van der Waals surface area (Å²) in [5, 5.41) is 34.9. The summed E-state index contributed by atoms with van der Waals surface area (Å²) >= 11 is 0. The van der Waals surface area contributed by atoms with Crippen LogP contribution >= 0.6 is 0 Å². The molecule has 4 fully saturated rings. The number of rotatable bonds is 7. The largest absolute Gasteiger partial charge is 0.469 e. The Balaban J connectivity index is 1.34. The number of aliphatic hydroxyl groups is 3. The number of benzene rings is 1. The van der Waals surface area contributed by atoms with E-state index in [1.807, 2.05) is 6.92 Å². The van der Waals surface area contributed by atoms with Gasteiger partial charge in [-0.15, -0.1) is 0 Å². The summed E-state index contributed by atoms with van der Waals surface area (Å²) in [6.45, 7) is 8.43. The molecule has 5 rings (SSSR count). The van der Waals surface area contributed by atoms with Crippen molar-refractivity contribution in [3.8, 4) is 0 Å². The summed E-state index contributed by atoms with van der Waals surface area (Å²) < 4.78 is 36.5. The highest BCUT2D eigenvalue weighted by atomic mass is 32.2. The van der Waals surface area contributed by atoms with Crippen molar-refractivity contribution in [3.63, 3.8) is 0 Å². The highest BCUT2D eigenvalue weighted by Crippen LogP contribution is 2.69. The van der Waals surface area contributed by atoms with E-state index in [0.29, 0.717) is 32.1 Å². The van der Waals surface area contributed by atoms with E-state index in [0.717, 1.165) is 18.4 Å². The third kappa shape index (κ3) is 5.28. The van der Waals surface area contributed by atoms with E-state index >= 15 is 0 Å². The number of fused-ring (bicyclic) bond motifs is 5. The smallest absolute Gasteiger partial charge is 0.305 e. The zero-order chi connectivity index (χ0) is 30.0. The quantitative estimate of drug-likeness (QED) is 0.238. The number of aryl methyl sites for hydroxylation is 1. The average Bonchev–Trinajstić information content (AvgIpc) is 3.27. The van der Waals surface area contributed by atoms with Gasteiger partial charge in [-0.25, -0.2) is 4.18 Å². The zero-order valence-corrected chi connectivity index (χ0v) is 25.9. The second kappa shape index (κ2) is 10.9. The average molecular weight is 593 g/mol. The van der Waals surface area contributed by atoms with E-state index in [9.17, 15) is 28.5 Å². The fourth-order valence-electron chi connectivity index (χ4n) is 9.79. The minimum atomic E-state index is -4.17. The third-order valence-electron chi connectivity index (χ3n) is 12.2. The lowest BCUT2D eigenvalue weighted by molar-refractivity contribution is -0.245. The summed E-state index contributed by atoms with van der Waals surface area (Å²) in [7, 11) is -2.76. The number of ether oxygens (including phenoxy) is 1. The first-order valence-corrected chi connectivity index (χ1v) is 16.7. The topological polar surface area (TPSA) is 130 Å². The van der Waals surface area contributed by atoms with Gasteiger partial charge in [-0.3, -0.25) is 4.79 Å². The van der Waals surface area contributed by atoms with Gasteiger partial charge in [-0.2, -0.15) is 8.42 Å². The summed E-state index contributed by atoms with van der Waals surface area (Å²) in [5.41, 5.74) is 0.322. The maximum Gasteiger partial charge on any atom is 0.305 e. The number of hydrogen-bond donors (Lipinski definition) is 3. The number of carbonyl (C=O) groups is 1. The molecule has 9 heteroatoms. The SMILES string of the molecule is COC(=O)CCC(C)C1CCC2C3C(O)CC4CC(O)(OS(=O)(=O)c5ccc(C)cc5)CCC4(C)C3CC(O)C12C. The summed E-state index contributed by atoms with van der Waals surface area (Å²) in [6.07, 6.45) is 3.73. The third-order valence-corrected chi connectivity index (χ3v) is 13.6. The van der Waals surface area contributed by atoms with Crippen molar-refractivity contribution in [2.45, 2.75) is 108 Å². The molecule has 1 aromatic rings. The van der Waals surface area contributed by atoms with Gasteiger partial charge >= 0.3 is 5.97 Å². The van der Waals surface area contributed by atoms with Crippen molar-refractivity contribution in [1.82, 2.24) is 0 Å². The molecule has 0 bridgehead atoms. The molecule has 230 valence electrons.